The highest BCUT2D eigenvalue weighted by molar-refractivity contribution is 5.88. The SMILES string of the molecule is CN1CCC(c2c[nH]c3ccc(Nc4ccc5c(C6CCNCC6)c[nH]c5n4)cc23)CC1. The summed E-state index contributed by atoms with van der Waals surface area (Å²) >= 11 is 0. The van der Waals surface area contributed by atoms with Crippen LogP contribution in [-0.2, 0) is 0 Å². The number of anilines is 2. The molecule has 0 amide bonds. The van der Waals surface area contributed by atoms with Crippen LogP contribution in [0.3, 0.4) is 0 Å². The maximum absolute atomic E-state index is 4.88. The molecule has 2 aliphatic heterocycles. The van der Waals surface area contributed by atoms with E-state index >= 15 is 0 Å². The van der Waals surface area contributed by atoms with Gasteiger partial charge in [-0.3, -0.25) is 0 Å². The summed E-state index contributed by atoms with van der Waals surface area (Å²) in [5.41, 5.74) is 6.14. The van der Waals surface area contributed by atoms with E-state index in [1.165, 1.54) is 66.2 Å². The predicted molar refractivity (Wildman–Crippen MR) is 132 cm³/mol. The molecule has 2 saturated heterocycles. The van der Waals surface area contributed by atoms with Crippen molar-refractivity contribution in [2.75, 3.05) is 38.5 Å². The maximum atomic E-state index is 4.88. The largest absolute Gasteiger partial charge is 0.361 e. The van der Waals surface area contributed by atoms with E-state index in [9.17, 15) is 0 Å². The van der Waals surface area contributed by atoms with Gasteiger partial charge in [-0.15, -0.1) is 0 Å². The Morgan fingerprint density at radius 1 is 0.875 bits per heavy atom. The number of rotatable bonds is 4. The minimum Gasteiger partial charge on any atom is -0.361 e. The summed E-state index contributed by atoms with van der Waals surface area (Å²) in [6.45, 7) is 4.56. The molecule has 2 fully saturated rings. The Morgan fingerprint density at radius 3 is 2.47 bits per heavy atom. The van der Waals surface area contributed by atoms with Crippen LogP contribution in [0, 0.1) is 0 Å². The summed E-state index contributed by atoms with van der Waals surface area (Å²) in [4.78, 5) is 14.2. The van der Waals surface area contributed by atoms with Crippen LogP contribution in [0.5, 0.6) is 0 Å². The van der Waals surface area contributed by atoms with Crippen molar-refractivity contribution in [1.29, 1.82) is 0 Å². The second-order valence-electron chi connectivity index (χ2n) is 9.57. The fourth-order valence-corrected chi connectivity index (χ4v) is 5.59. The molecule has 0 bridgehead atoms. The number of hydrogen-bond acceptors (Lipinski definition) is 4. The number of nitrogens with one attached hydrogen (secondary N) is 4. The van der Waals surface area contributed by atoms with Crippen LogP contribution in [0.25, 0.3) is 21.9 Å². The molecule has 32 heavy (non-hydrogen) atoms. The van der Waals surface area contributed by atoms with Gasteiger partial charge in [0.05, 0.1) is 0 Å². The fourth-order valence-electron chi connectivity index (χ4n) is 5.59. The molecular formula is C26H32N6. The quantitative estimate of drug-likeness (QED) is 0.366. The summed E-state index contributed by atoms with van der Waals surface area (Å²) in [7, 11) is 2.22. The van der Waals surface area contributed by atoms with Crippen molar-refractivity contribution in [3.63, 3.8) is 0 Å². The van der Waals surface area contributed by atoms with E-state index in [4.69, 9.17) is 4.98 Å². The highest BCUT2D eigenvalue weighted by atomic mass is 15.1. The molecule has 6 nitrogen and oxygen atoms in total. The Bertz CT molecular complexity index is 1220. The third kappa shape index (κ3) is 3.67. The number of nitrogens with zero attached hydrogens (tertiary/aromatic N) is 2. The van der Waals surface area contributed by atoms with Gasteiger partial charge in [0.1, 0.15) is 11.5 Å². The number of fused-ring (bicyclic) bond motifs is 2. The molecule has 2 aliphatic rings. The van der Waals surface area contributed by atoms with Crippen LogP contribution in [0.15, 0.2) is 42.7 Å². The second-order valence-corrected chi connectivity index (χ2v) is 9.57. The number of aromatic nitrogens is 3. The van der Waals surface area contributed by atoms with E-state index in [0.717, 1.165) is 30.2 Å². The molecule has 3 aromatic heterocycles. The van der Waals surface area contributed by atoms with Gasteiger partial charge in [0.15, 0.2) is 0 Å². The normalized spacial score (nSPS) is 19.2. The number of piperidine rings is 2. The summed E-state index contributed by atoms with van der Waals surface area (Å²) in [6, 6.07) is 10.9. The van der Waals surface area contributed by atoms with Gasteiger partial charge in [-0.2, -0.15) is 0 Å². The minimum atomic E-state index is 0.625. The average molecular weight is 429 g/mol. The molecule has 6 heteroatoms. The highest BCUT2D eigenvalue weighted by Crippen LogP contribution is 2.35. The zero-order valence-electron chi connectivity index (χ0n) is 18.7. The van der Waals surface area contributed by atoms with E-state index in [1.807, 2.05) is 0 Å². The number of benzene rings is 1. The molecule has 166 valence electrons. The average Bonchev–Trinajstić information content (AvgIpc) is 3.44. The zero-order chi connectivity index (χ0) is 21.5. The van der Waals surface area contributed by atoms with Crippen molar-refractivity contribution >= 4 is 33.4 Å². The topological polar surface area (TPSA) is 71.8 Å². The first kappa shape index (κ1) is 19.8. The lowest BCUT2D eigenvalue weighted by atomic mass is 9.89. The van der Waals surface area contributed by atoms with Crippen molar-refractivity contribution in [3.05, 3.63) is 53.9 Å². The van der Waals surface area contributed by atoms with Gasteiger partial charge in [0, 0.05) is 34.4 Å². The number of aromatic amines is 2. The molecule has 5 heterocycles. The number of hydrogen-bond donors (Lipinski definition) is 4. The number of pyridine rings is 1. The minimum absolute atomic E-state index is 0.625. The summed E-state index contributed by atoms with van der Waals surface area (Å²) in [6.07, 6.45) is 9.23. The Morgan fingerprint density at radius 2 is 1.62 bits per heavy atom. The molecule has 0 aliphatic carbocycles. The van der Waals surface area contributed by atoms with Gasteiger partial charge in [-0.05, 0) is 112 Å². The molecule has 4 N–H and O–H groups in total. The lowest BCUT2D eigenvalue weighted by molar-refractivity contribution is 0.256. The third-order valence-corrected chi connectivity index (χ3v) is 7.49. The van der Waals surface area contributed by atoms with E-state index < -0.39 is 0 Å². The smallest absolute Gasteiger partial charge is 0.140 e. The van der Waals surface area contributed by atoms with Crippen molar-refractivity contribution < 1.29 is 0 Å². The first-order valence-electron chi connectivity index (χ1n) is 12.0. The van der Waals surface area contributed by atoms with Crippen LogP contribution < -0.4 is 10.6 Å². The Kier molecular flexibility index (Phi) is 5.12. The first-order chi connectivity index (χ1) is 15.7. The molecular weight excluding hydrogens is 396 g/mol. The van der Waals surface area contributed by atoms with Crippen LogP contribution in [0.4, 0.5) is 11.5 Å². The van der Waals surface area contributed by atoms with Gasteiger partial charge in [0.25, 0.3) is 0 Å². The van der Waals surface area contributed by atoms with Crippen molar-refractivity contribution in [3.8, 4) is 0 Å². The Labute approximate surface area is 188 Å². The maximum Gasteiger partial charge on any atom is 0.140 e. The fraction of sp³-hybridized carbons (Fsp3) is 0.423. The zero-order valence-corrected chi connectivity index (χ0v) is 18.7. The van der Waals surface area contributed by atoms with Gasteiger partial charge < -0.3 is 25.5 Å². The molecule has 4 aromatic rings. The van der Waals surface area contributed by atoms with Gasteiger partial charge in [-0.1, -0.05) is 0 Å². The molecule has 6 rings (SSSR count). The summed E-state index contributed by atoms with van der Waals surface area (Å²) < 4.78 is 0. The van der Waals surface area contributed by atoms with Gasteiger partial charge >= 0.3 is 0 Å². The van der Waals surface area contributed by atoms with E-state index in [0.29, 0.717) is 11.8 Å². The van der Waals surface area contributed by atoms with Crippen LogP contribution in [0.2, 0.25) is 0 Å². The molecule has 0 spiro atoms. The Hall–Kier alpha value is -2.83. The molecule has 0 saturated carbocycles. The third-order valence-electron chi connectivity index (χ3n) is 7.49. The summed E-state index contributed by atoms with van der Waals surface area (Å²) in [5, 5.41) is 9.59. The standard InChI is InChI=1S/C26H32N6/c1-32-12-8-18(9-13-32)23-15-28-24-4-2-19(14-21(23)24)30-25-5-3-20-22(16-29-26(20)31-25)17-6-10-27-11-7-17/h2-5,14-18,27-28H,6-13H2,1H3,(H2,29,30,31). The number of likely N-dealkylation sites (tertiary alicyclic amines) is 1. The molecule has 0 radical (unpaired) electrons. The number of H-pyrrole nitrogens is 2. The van der Waals surface area contributed by atoms with E-state index in [1.54, 1.807) is 0 Å². The lowest BCUT2D eigenvalue weighted by Crippen LogP contribution is -2.29. The molecule has 0 unspecified atom stereocenters. The molecule has 1 aromatic carbocycles. The molecule has 0 atom stereocenters. The predicted octanol–water partition coefficient (Wildman–Crippen LogP) is 5.06. The van der Waals surface area contributed by atoms with Crippen molar-refractivity contribution in [2.45, 2.75) is 37.5 Å². The lowest BCUT2D eigenvalue weighted by Gasteiger charge is -2.28. The van der Waals surface area contributed by atoms with E-state index in [2.05, 4.69) is 75.3 Å². The second kappa shape index (κ2) is 8.26. The van der Waals surface area contributed by atoms with E-state index in [-0.39, 0.29) is 0 Å². The van der Waals surface area contributed by atoms with Crippen LogP contribution >= 0.6 is 0 Å². The van der Waals surface area contributed by atoms with Crippen LogP contribution in [0.1, 0.15) is 48.6 Å². The Balaban J connectivity index is 1.25. The first-order valence-corrected chi connectivity index (χ1v) is 12.0. The highest BCUT2D eigenvalue weighted by Gasteiger charge is 2.22. The van der Waals surface area contributed by atoms with Gasteiger partial charge in [0.2, 0.25) is 0 Å². The van der Waals surface area contributed by atoms with Gasteiger partial charge in [-0.25, -0.2) is 4.98 Å². The van der Waals surface area contributed by atoms with Crippen molar-refractivity contribution in [2.24, 2.45) is 0 Å². The van der Waals surface area contributed by atoms with Crippen LogP contribution in [-0.4, -0.2) is 53.1 Å². The summed E-state index contributed by atoms with van der Waals surface area (Å²) in [5.74, 6) is 2.14. The monoisotopic (exact) mass is 428 g/mol. The van der Waals surface area contributed by atoms with Crippen molar-refractivity contribution in [1.82, 2.24) is 25.2 Å².